The summed E-state index contributed by atoms with van der Waals surface area (Å²) in [6, 6.07) is 3.88. The minimum absolute atomic E-state index is 0.0911. The molecule has 1 atom stereocenters. The number of hydrogen-bond donors (Lipinski definition) is 3. The van der Waals surface area contributed by atoms with Crippen molar-refractivity contribution in [1.29, 1.82) is 0 Å². The van der Waals surface area contributed by atoms with Gasteiger partial charge in [-0.05, 0) is 44.6 Å². The molecule has 0 aromatic carbocycles. The minimum Gasteiger partial charge on any atom is -0.328 e. The third kappa shape index (κ3) is 4.68. The molecule has 122 valence electrons. The second kappa shape index (κ2) is 7.56. The van der Waals surface area contributed by atoms with Crippen LogP contribution < -0.4 is 16.5 Å². The van der Waals surface area contributed by atoms with Gasteiger partial charge in [-0.1, -0.05) is 0 Å². The van der Waals surface area contributed by atoms with E-state index in [4.69, 9.17) is 5.73 Å². The molecule has 1 heterocycles. The molecule has 2 rings (SSSR count). The van der Waals surface area contributed by atoms with Crippen molar-refractivity contribution < 1.29 is 4.79 Å². The summed E-state index contributed by atoms with van der Waals surface area (Å²) < 4.78 is 0. The average molecular weight is 305 g/mol. The molecule has 1 amide bonds. The van der Waals surface area contributed by atoms with Crippen LogP contribution in [0.5, 0.6) is 0 Å². The van der Waals surface area contributed by atoms with Crippen LogP contribution in [-0.4, -0.2) is 36.0 Å². The number of rotatable bonds is 5. The second-order valence-electron chi connectivity index (χ2n) is 6.40. The van der Waals surface area contributed by atoms with Gasteiger partial charge in [0.2, 0.25) is 5.91 Å². The molecule has 1 aromatic rings. The predicted octanol–water partition coefficient (Wildman–Crippen LogP) is 2.06. The number of nitrogens with two attached hydrogens (primary N) is 1. The fourth-order valence-corrected chi connectivity index (χ4v) is 2.95. The van der Waals surface area contributed by atoms with E-state index in [-0.39, 0.29) is 17.9 Å². The molecule has 0 saturated heterocycles. The third-order valence-electron chi connectivity index (χ3n) is 4.25. The highest BCUT2D eigenvalue weighted by Gasteiger charge is 2.27. The van der Waals surface area contributed by atoms with E-state index in [0.29, 0.717) is 11.7 Å². The Morgan fingerprint density at radius 1 is 1.36 bits per heavy atom. The van der Waals surface area contributed by atoms with E-state index in [2.05, 4.69) is 22.7 Å². The van der Waals surface area contributed by atoms with Gasteiger partial charge in [-0.2, -0.15) is 0 Å². The molecule has 22 heavy (non-hydrogen) atoms. The monoisotopic (exact) mass is 305 g/mol. The van der Waals surface area contributed by atoms with Gasteiger partial charge in [-0.25, -0.2) is 9.99 Å². The lowest BCUT2D eigenvalue weighted by atomic mass is 9.79. The SMILES string of the molecule is CC(N)[C@H]1CC[C@H](C(=O)Nc2ccnc(NN(C)C)c2)CC1. The van der Waals surface area contributed by atoms with Crippen LogP contribution in [0.1, 0.15) is 32.6 Å². The first-order valence-electron chi connectivity index (χ1n) is 7.92. The highest BCUT2D eigenvalue weighted by molar-refractivity contribution is 5.92. The zero-order chi connectivity index (χ0) is 16.1. The molecule has 0 bridgehead atoms. The molecular weight excluding hydrogens is 278 g/mol. The van der Waals surface area contributed by atoms with Crippen molar-refractivity contribution in [3.05, 3.63) is 18.3 Å². The Balaban J connectivity index is 1.90. The van der Waals surface area contributed by atoms with Gasteiger partial charge in [0.25, 0.3) is 0 Å². The second-order valence-corrected chi connectivity index (χ2v) is 6.40. The molecule has 1 fully saturated rings. The van der Waals surface area contributed by atoms with E-state index in [1.54, 1.807) is 6.20 Å². The first-order valence-corrected chi connectivity index (χ1v) is 7.92. The lowest BCUT2D eigenvalue weighted by molar-refractivity contribution is -0.121. The first-order chi connectivity index (χ1) is 10.5. The highest BCUT2D eigenvalue weighted by atomic mass is 16.1. The Labute approximate surface area is 132 Å². The van der Waals surface area contributed by atoms with E-state index in [1.807, 2.05) is 31.2 Å². The van der Waals surface area contributed by atoms with Gasteiger partial charge in [0.1, 0.15) is 5.82 Å². The van der Waals surface area contributed by atoms with E-state index >= 15 is 0 Å². The maximum atomic E-state index is 12.4. The summed E-state index contributed by atoms with van der Waals surface area (Å²) in [4.78, 5) is 16.6. The van der Waals surface area contributed by atoms with Gasteiger partial charge < -0.3 is 16.5 Å². The van der Waals surface area contributed by atoms with Crippen LogP contribution in [-0.2, 0) is 4.79 Å². The average Bonchev–Trinajstić information content (AvgIpc) is 2.47. The van der Waals surface area contributed by atoms with Gasteiger partial charge >= 0.3 is 0 Å². The van der Waals surface area contributed by atoms with E-state index < -0.39 is 0 Å². The molecule has 1 unspecified atom stereocenters. The summed E-state index contributed by atoms with van der Waals surface area (Å²) in [6.45, 7) is 2.06. The molecule has 1 aliphatic rings. The van der Waals surface area contributed by atoms with Crippen molar-refractivity contribution in [1.82, 2.24) is 9.99 Å². The van der Waals surface area contributed by atoms with Crippen LogP contribution >= 0.6 is 0 Å². The number of nitrogens with zero attached hydrogens (tertiary/aromatic N) is 2. The van der Waals surface area contributed by atoms with E-state index in [0.717, 1.165) is 31.4 Å². The van der Waals surface area contributed by atoms with Gasteiger partial charge in [-0.3, -0.25) is 4.79 Å². The summed E-state index contributed by atoms with van der Waals surface area (Å²) in [5.74, 6) is 1.46. The largest absolute Gasteiger partial charge is 0.328 e. The standard InChI is InChI=1S/C16H27N5O/c1-11(17)12-4-6-13(7-5-12)16(22)19-14-8-9-18-15(10-14)20-21(2)3/h8-13H,4-7,17H2,1-3H3,(H2,18,19,20,22)/t11?,12-,13-. The zero-order valence-corrected chi connectivity index (χ0v) is 13.7. The Kier molecular flexibility index (Phi) is 5.74. The summed E-state index contributed by atoms with van der Waals surface area (Å²) in [5, 5.41) is 4.81. The summed E-state index contributed by atoms with van der Waals surface area (Å²) in [5.41, 5.74) is 9.80. The molecule has 0 radical (unpaired) electrons. The third-order valence-corrected chi connectivity index (χ3v) is 4.25. The number of aromatic nitrogens is 1. The van der Waals surface area contributed by atoms with Gasteiger partial charge in [0, 0.05) is 44.0 Å². The smallest absolute Gasteiger partial charge is 0.227 e. The van der Waals surface area contributed by atoms with Crippen molar-refractivity contribution in [3.63, 3.8) is 0 Å². The van der Waals surface area contributed by atoms with Gasteiger partial charge in [0.15, 0.2) is 0 Å². The van der Waals surface area contributed by atoms with Crippen molar-refractivity contribution in [2.75, 3.05) is 24.8 Å². The van der Waals surface area contributed by atoms with E-state index in [1.165, 1.54) is 0 Å². The van der Waals surface area contributed by atoms with Crippen molar-refractivity contribution in [3.8, 4) is 0 Å². The van der Waals surface area contributed by atoms with Crippen LogP contribution in [0.15, 0.2) is 18.3 Å². The Hall–Kier alpha value is -1.66. The predicted molar refractivity (Wildman–Crippen MR) is 89.3 cm³/mol. The van der Waals surface area contributed by atoms with Crippen molar-refractivity contribution >= 4 is 17.4 Å². The fraction of sp³-hybridized carbons (Fsp3) is 0.625. The van der Waals surface area contributed by atoms with Gasteiger partial charge in [0.05, 0.1) is 0 Å². The normalized spacial score (nSPS) is 23.1. The number of carbonyl (C=O) groups is 1. The number of nitrogens with one attached hydrogen (secondary N) is 2. The minimum atomic E-state index is 0.0911. The summed E-state index contributed by atoms with van der Waals surface area (Å²) in [7, 11) is 3.79. The molecule has 1 saturated carbocycles. The molecule has 0 aliphatic heterocycles. The topological polar surface area (TPSA) is 83.3 Å². The number of hydrazine groups is 1. The molecule has 0 spiro atoms. The molecule has 4 N–H and O–H groups in total. The molecule has 1 aromatic heterocycles. The number of anilines is 2. The summed E-state index contributed by atoms with van der Waals surface area (Å²) in [6.07, 6.45) is 5.62. The maximum absolute atomic E-state index is 12.4. The van der Waals surface area contributed by atoms with E-state index in [9.17, 15) is 4.79 Å². The number of amides is 1. The Bertz CT molecular complexity index is 495. The first kappa shape index (κ1) is 16.7. The van der Waals surface area contributed by atoms with Crippen LogP contribution in [0.25, 0.3) is 0 Å². The van der Waals surface area contributed by atoms with Crippen LogP contribution in [0.3, 0.4) is 0 Å². The molecule has 6 nitrogen and oxygen atoms in total. The van der Waals surface area contributed by atoms with Crippen molar-refractivity contribution in [2.24, 2.45) is 17.6 Å². The molecular formula is C16H27N5O. The maximum Gasteiger partial charge on any atom is 0.227 e. The lowest BCUT2D eigenvalue weighted by Gasteiger charge is -2.30. The van der Waals surface area contributed by atoms with Crippen LogP contribution in [0.4, 0.5) is 11.5 Å². The Morgan fingerprint density at radius 3 is 2.64 bits per heavy atom. The summed E-state index contributed by atoms with van der Waals surface area (Å²) >= 11 is 0. The van der Waals surface area contributed by atoms with Crippen LogP contribution in [0, 0.1) is 11.8 Å². The highest BCUT2D eigenvalue weighted by Crippen LogP contribution is 2.31. The van der Waals surface area contributed by atoms with Gasteiger partial charge in [-0.15, -0.1) is 0 Å². The van der Waals surface area contributed by atoms with Crippen molar-refractivity contribution in [2.45, 2.75) is 38.6 Å². The van der Waals surface area contributed by atoms with Crippen LogP contribution in [0.2, 0.25) is 0 Å². The zero-order valence-electron chi connectivity index (χ0n) is 13.7. The fourth-order valence-electron chi connectivity index (χ4n) is 2.95. The number of pyridine rings is 1. The Morgan fingerprint density at radius 2 is 2.05 bits per heavy atom. The number of hydrogen-bond acceptors (Lipinski definition) is 5. The molecule has 1 aliphatic carbocycles. The number of carbonyl (C=O) groups excluding carboxylic acids is 1. The molecule has 6 heteroatoms. The quantitative estimate of drug-likeness (QED) is 0.725. The lowest BCUT2D eigenvalue weighted by Crippen LogP contribution is -2.33.